The first kappa shape index (κ1) is 12.6. The van der Waals surface area contributed by atoms with E-state index in [9.17, 15) is 9.59 Å². The van der Waals surface area contributed by atoms with Crippen LogP contribution in [0.5, 0.6) is 0 Å². The third kappa shape index (κ3) is 2.52. The van der Waals surface area contributed by atoms with E-state index < -0.39 is 11.9 Å². The van der Waals surface area contributed by atoms with Crippen molar-refractivity contribution in [2.75, 3.05) is 11.4 Å². The maximum absolute atomic E-state index is 11.7. The number of carbonyl (C=O) groups excluding carboxylic acids is 1. The summed E-state index contributed by atoms with van der Waals surface area (Å²) in [6, 6.07) is 3.41. The molecule has 1 N–H and O–H groups in total. The van der Waals surface area contributed by atoms with E-state index >= 15 is 0 Å². The molecule has 1 amide bonds. The topological polar surface area (TPSA) is 70.5 Å². The molecule has 5 nitrogen and oxygen atoms in total. The summed E-state index contributed by atoms with van der Waals surface area (Å²) >= 11 is 7.90. The van der Waals surface area contributed by atoms with Gasteiger partial charge in [0.05, 0.1) is 9.49 Å². The second kappa shape index (κ2) is 4.77. The number of aromatic nitrogens is 1. The fourth-order valence-corrected chi connectivity index (χ4v) is 2.10. The minimum absolute atomic E-state index is 0.0145. The van der Waals surface area contributed by atoms with Gasteiger partial charge >= 0.3 is 5.97 Å². The molecule has 0 aliphatic carbocycles. The van der Waals surface area contributed by atoms with Crippen LogP contribution in [0.2, 0.25) is 5.15 Å². The molecule has 0 saturated carbocycles. The molecule has 7 heteroatoms. The molecule has 1 aromatic heterocycles. The SMILES string of the molecule is O=C(O)C1CC(=O)N(c2ccc(I)c(Cl)n2)C1. The van der Waals surface area contributed by atoms with Gasteiger partial charge in [0.1, 0.15) is 11.0 Å². The maximum atomic E-state index is 11.7. The van der Waals surface area contributed by atoms with Crippen molar-refractivity contribution in [1.29, 1.82) is 0 Å². The van der Waals surface area contributed by atoms with E-state index in [0.717, 1.165) is 3.57 Å². The molecule has 1 saturated heterocycles. The zero-order valence-corrected chi connectivity index (χ0v) is 11.5. The average Bonchev–Trinajstić information content (AvgIpc) is 2.65. The van der Waals surface area contributed by atoms with Crippen molar-refractivity contribution in [2.24, 2.45) is 5.92 Å². The van der Waals surface area contributed by atoms with E-state index in [0.29, 0.717) is 11.0 Å². The first-order chi connectivity index (χ1) is 7.99. The lowest BCUT2D eigenvalue weighted by Gasteiger charge is -2.15. The number of carboxylic acids is 1. The molecule has 1 aliphatic heterocycles. The van der Waals surface area contributed by atoms with Crippen LogP contribution in [-0.4, -0.2) is 28.5 Å². The summed E-state index contributed by atoms with van der Waals surface area (Å²) in [7, 11) is 0. The summed E-state index contributed by atoms with van der Waals surface area (Å²) in [5, 5.41) is 9.18. The van der Waals surface area contributed by atoms with Gasteiger partial charge in [0.25, 0.3) is 0 Å². The maximum Gasteiger partial charge on any atom is 0.308 e. The van der Waals surface area contributed by atoms with Crippen molar-refractivity contribution in [3.8, 4) is 0 Å². The minimum atomic E-state index is -0.961. The predicted octanol–water partition coefficient (Wildman–Crippen LogP) is 1.78. The number of hydrogen-bond donors (Lipinski definition) is 1. The number of halogens is 2. The van der Waals surface area contributed by atoms with Crippen LogP contribution < -0.4 is 4.90 Å². The summed E-state index contributed by atoms with van der Waals surface area (Å²) in [6.07, 6.45) is 0.0145. The Labute approximate surface area is 116 Å². The van der Waals surface area contributed by atoms with Crippen LogP contribution in [-0.2, 0) is 9.59 Å². The van der Waals surface area contributed by atoms with Crippen molar-refractivity contribution in [1.82, 2.24) is 4.98 Å². The highest BCUT2D eigenvalue weighted by Gasteiger charge is 2.35. The molecule has 0 aromatic carbocycles. The predicted molar refractivity (Wildman–Crippen MR) is 70.1 cm³/mol. The number of rotatable bonds is 2. The number of nitrogens with zero attached hydrogens (tertiary/aromatic N) is 2. The van der Waals surface area contributed by atoms with Crippen LogP contribution in [0, 0.1) is 9.49 Å². The smallest absolute Gasteiger partial charge is 0.308 e. The molecule has 1 atom stereocenters. The fraction of sp³-hybridized carbons (Fsp3) is 0.300. The van der Waals surface area contributed by atoms with Gasteiger partial charge in [-0.25, -0.2) is 4.98 Å². The van der Waals surface area contributed by atoms with Gasteiger partial charge in [-0.2, -0.15) is 0 Å². The summed E-state index contributed by atoms with van der Waals surface area (Å²) in [6.45, 7) is 0.151. The second-order valence-electron chi connectivity index (χ2n) is 3.69. The molecule has 0 bridgehead atoms. The van der Waals surface area contributed by atoms with E-state index in [-0.39, 0.29) is 18.9 Å². The van der Waals surface area contributed by atoms with Gasteiger partial charge in [0.2, 0.25) is 5.91 Å². The Bertz CT molecular complexity index is 494. The molecule has 1 aromatic rings. The van der Waals surface area contributed by atoms with Crippen LogP contribution in [0.3, 0.4) is 0 Å². The van der Waals surface area contributed by atoms with Gasteiger partial charge < -0.3 is 5.11 Å². The minimum Gasteiger partial charge on any atom is -0.481 e. The van der Waals surface area contributed by atoms with Crippen molar-refractivity contribution in [3.05, 3.63) is 20.9 Å². The number of anilines is 1. The number of pyridine rings is 1. The highest BCUT2D eigenvalue weighted by Crippen LogP contribution is 2.26. The number of carbonyl (C=O) groups is 2. The van der Waals surface area contributed by atoms with Crippen molar-refractivity contribution in [3.63, 3.8) is 0 Å². The van der Waals surface area contributed by atoms with Crippen LogP contribution in [0.4, 0.5) is 5.82 Å². The van der Waals surface area contributed by atoms with Crippen LogP contribution >= 0.6 is 34.2 Å². The summed E-state index contributed by atoms with van der Waals surface area (Å²) < 4.78 is 0.787. The van der Waals surface area contributed by atoms with Crippen LogP contribution in [0.1, 0.15) is 6.42 Å². The van der Waals surface area contributed by atoms with E-state index in [1.54, 1.807) is 12.1 Å². The molecule has 17 heavy (non-hydrogen) atoms. The highest BCUT2D eigenvalue weighted by atomic mass is 127. The third-order valence-electron chi connectivity index (χ3n) is 2.54. The van der Waals surface area contributed by atoms with Gasteiger partial charge in [0, 0.05) is 13.0 Å². The largest absolute Gasteiger partial charge is 0.481 e. The molecule has 90 valence electrons. The molecule has 1 fully saturated rings. The molecule has 0 radical (unpaired) electrons. The number of hydrogen-bond acceptors (Lipinski definition) is 3. The molecule has 2 rings (SSSR count). The van der Waals surface area contributed by atoms with Gasteiger partial charge in [-0.1, -0.05) is 11.6 Å². The molecule has 0 spiro atoms. The first-order valence-corrected chi connectivity index (χ1v) is 6.30. The van der Waals surface area contributed by atoms with Gasteiger partial charge in [-0.15, -0.1) is 0 Å². The molecule has 1 aliphatic rings. The monoisotopic (exact) mass is 366 g/mol. The van der Waals surface area contributed by atoms with Crippen molar-refractivity contribution < 1.29 is 14.7 Å². The summed E-state index contributed by atoms with van der Waals surface area (Å²) in [5.41, 5.74) is 0. The van der Waals surface area contributed by atoms with Crippen LogP contribution in [0.25, 0.3) is 0 Å². The standard InChI is InChI=1S/C10H8ClIN2O3/c11-9-6(12)1-2-7(13-9)14-4-5(10(16)17)3-8(14)15/h1-2,5H,3-4H2,(H,16,17). The van der Waals surface area contributed by atoms with Gasteiger partial charge in [-0.3, -0.25) is 14.5 Å². The molecular formula is C10H8ClIN2O3. The summed E-state index contributed by atoms with van der Waals surface area (Å²) in [5.74, 6) is -1.45. The highest BCUT2D eigenvalue weighted by molar-refractivity contribution is 14.1. The Morgan fingerprint density at radius 1 is 1.59 bits per heavy atom. The third-order valence-corrected chi connectivity index (χ3v) is 4.02. The molecular weight excluding hydrogens is 358 g/mol. The zero-order chi connectivity index (χ0) is 12.6. The summed E-state index contributed by atoms with van der Waals surface area (Å²) in [4.78, 5) is 27.9. The van der Waals surface area contributed by atoms with Crippen molar-refractivity contribution >= 4 is 51.9 Å². The number of carboxylic acid groups (broad SMARTS) is 1. The lowest BCUT2D eigenvalue weighted by molar-refractivity contribution is -0.141. The fourth-order valence-electron chi connectivity index (χ4n) is 1.65. The number of amides is 1. The van der Waals surface area contributed by atoms with E-state index in [2.05, 4.69) is 4.98 Å². The second-order valence-corrected chi connectivity index (χ2v) is 5.21. The van der Waals surface area contributed by atoms with Crippen LogP contribution in [0.15, 0.2) is 12.1 Å². The zero-order valence-electron chi connectivity index (χ0n) is 8.56. The van der Waals surface area contributed by atoms with Crippen molar-refractivity contribution in [2.45, 2.75) is 6.42 Å². The van der Waals surface area contributed by atoms with E-state index in [1.165, 1.54) is 4.90 Å². The molecule has 1 unspecified atom stereocenters. The Kier molecular flexibility index (Phi) is 3.53. The molecule has 2 heterocycles. The lowest BCUT2D eigenvalue weighted by atomic mass is 10.1. The normalized spacial score (nSPS) is 19.8. The lowest BCUT2D eigenvalue weighted by Crippen LogP contribution is -2.26. The van der Waals surface area contributed by atoms with E-state index in [1.807, 2.05) is 22.6 Å². The Morgan fingerprint density at radius 3 is 2.82 bits per heavy atom. The quantitative estimate of drug-likeness (QED) is 0.640. The Morgan fingerprint density at radius 2 is 2.29 bits per heavy atom. The average molecular weight is 367 g/mol. The van der Waals surface area contributed by atoms with E-state index in [4.69, 9.17) is 16.7 Å². The van der Waals surface area contributed by atoms with Gasteiger partial charge in [0.15, 0.2) is 0 Å². The van der Waals surface area contributed by atoms with Gasteiger partial charge in [-0.05, 0) is 34.7 Å². The number of aliphatic carboxylic acids is 1. The Balaban J connectivity index is 2.26. The first-order valence-electron chi connectivity index (χ1n) is 4.84. The Hall–Kier alpha value is -0.890.